The number of aryl methyl sites for hydroxylation is 2. The lowest BCUT2D eigenvalue weighted by Gasteiger charge is -2.38. The quantitative estimate of drug-likeness (QED) is 0.607. The number of likely N-dealkylation sites (tertiary alicyclic amines) is 1. The van der Waals surface area contributed by atoms with Crippen molar-refractivity contribution in [1.82, 2.24) is 19.7 Å². The number of fused-ring (bicyclic) bond motifs is 1. The van der Waals surface area contributed by atoms with Crippen molar-refractivity contribution in [3.05, 3.63) is 41.2 Å². The number of aromatic nitrogens is 3. The molecule has 3 heterocycles. The molecule has 0 bridgehead atoms. The van der Waals surface area contributed by atoms with Crippen molar-refractivity contribution in [3.63, 3.8) is 0 Å². The molecular formula is C23H30N4O3S. The van der Waals surface area contributed by atoms with E-state index in [2.05, 4.69) is 46.2 Å². The SMILES string of the molecule is CCOC(=O)C1CCN(C(c2ccc(CC)cc2)C2Sc3nc(CC)nn3C2=O)CC1. The van der Waals surface area contributed by atoms with Crippen LogP contribution in [0.2, 0.25) is 0 Å². The van der Waals surface area contributed by atoms with Gasteiger partial charge >= 0.3 is 5.97 Å². The van der Waals surface area contributed by atoms with Crippen LogP contribution in [0.5, 0.6) is 0 Å². The molecule has 1 aromatic heterocycles. The van der Waals surface area contributed by atoms with Crippen LogP contribution in [0.1, 0.15) is 61.4 Å². The third-order valence-corrected chi connectivity index (χ3v) is 7.37. The zero-order chi connectivity index (χ0) is 22.0. The number of hydrogen-bond donors (Lipinski definition) is 0. The number of thioether (sulfide) groups is 1. The highest BCUT2D eigenvalue weighted by atomic mass is 32.2. The second-order valence-electron chi connectivity index (χ2n) is 8.05. The first-order chi connectivity index (χ1) is 15.0. The van der Waals surface area contributed by atoms with E-state index in [-0.39, 0.29) is 29.1 Å². The highest BCUT2D eigenvalue weighted by Gasteiger charge is 2.44. The van der Waals surface area contributed by atoms with E-state index >= 15 is 0 Å². The van der Waals surface area contributed by atoms with E-state index in [9.17, 15) is 9.59 Å². The van der Waals surface area contributed by atoms with Crippen molar-refractivity contribution >= 4 is 23.6 Å². The average Bonchev–Trinajstić information content (AvgIpc) is 3.34. The van der Waals surface area contributed by atoms with Gasteiger partial charge in [0.25, 0.3) is 5.91 Å². The average molecular weight is 443 g/mol. The fourth-order valence-electron chi connectivity index (χ4n) is 4.39. The van der Waals surface area contributed by atoms with Gasteiger partial charge in [0.1, 0.15) is 5.25 Å². The summed E-state index contributed by atoms with van der Waals surface area (Å²) >= 11 is 1.51. The number of carbonyl (C=O) groups is 2. The molecule has 0 radical (unpaired) electrons. The maximum atomic E-state index is 13.3. The highest BCUT2D eigenvalue weighted by molar-refractivity contribution is 8.00. The van der Waals surface area contributed by atoms with Gasteiger partial charge in [-0.25, -0.2) is 4.98 Å². The van der Waals surface area contributed by atoms with E-state index in [1.165, 1.54) is 22.0 Å². The number of piperidine rings is 1. The minimum atomic E-state index is -0.299. The van der Waals surface area contributed by atoms with Gasteiger partial charge in [0.15, 0.2) is 11.0 Å². The summed E-state index contributed by atoms with van der Waals surface area (Å²) in [7, 11) is 0. The van der Waals surface area contributed by atoms with Gasteiger partial charge in [0, 0.05) is 6.42 Å². The Bertz CT molecular complexity index is 935. The molecule has 0 saturated carbocycles. The van der Waals surface area contributed by atoms with Crippen LogP contribution in [-0.2, 0) is 22.4 Å². The van der Waals surface area contributed by atoms with Crippen LogP contribution in [0, 0.1) is 5.92 Å². The van der Waals surface area contributed by atoms with Crippen molar-refractivity contribution in [2.45, 2.75) is 62.9 Å². The number of ether oxygens (including phenoxy) is 1. The van der Waals surface area contributed by atoms with Gasteiger partial charge in [-0.05, 0) is 50.4 Å². The molecule has 0 aliphatic carbocycles. The minimum Gasteiger partial charge on any atom is -0.466 e. The number of benzene rings is 1. The highest BCUT2D eigenvalue weighted by Crippen LogP contribution is 2.42. The van der Waals surface area contributed by atoms with Gasteiger partial charge in [0.2, 0.25) is 0 Å². The van der Waals surface area contributed by atoms with Crippen LogP contribution >= 0.6 is 11.8 Å². The lowest BCUT2D eigenvalue weighted by atomic mass is 9.92. The van der Waals surface area contributed by atoms with Crippen LogP contribution < -0.4 is 0 Å². The molecule has 1 aromatic carbocycles. The Kier molecular flexibility index (Phi) is 6.77. The van der Waals surface area contributed by atoms with Crippen LogP contribution in [0.3, 0.4) is 0 Å². The van der Waals surface area contributed by atoms with Crippen molar-refractivity contribution in [3.8, 4) is 0 Å². The lowest BCUT2D eigenvalue weighted by Crippen LogP contribution is -2.44. The number of carbonyl (C=O) groups excluding carboxylic acids is 2. The summed E-state index contributed by atoms with van der Waals surface area (Å²) < 4.78 is 6.70. The Morgan fingerprint density at radius 2 is 1.87 bits per heavy atom. The first kappa shape index (κ1) is 22.0. The van der Waals surface area contributed by atoms with Gasteiger partial charge in [-0.3, -0.25) is 14.5 Å². The number of rotatable bonds is 7. The fraction of sp³-hybridized carbons (Fsp3) is 0.565. The van der Waals surface area contributed by atoms with Gasteiger partial charge in [-0.15, -0.1) is 5.10 Å². The summed E-state index contributed by atoms with van der Waals surface area (Å²) in [5.41, 5.74) is 2.40. The molecule has 31 heavy (non-hydrogen) atoms. The molecule has 1 saturated heterocycles. The van der Waals surface area contributed by atoms with Crippen molar-refractivity contribution in [2.75, 3.05) is 19.7 Å². The largest absolute Gasteiger partial charge is 0.466 e. The maximum Gasteiger partial charge on any atom is 0.309 e. The Hall–Kier alpha value is -2.19. The molecule has 2 aliphatic heterocycles. The van der Waals surface area contributed by atoms with Crippen molar-refractivity contribution in [2.24, 2.45) is 5.92 Å². The molecular weight excluding hydrogens is 412 g/mol. The molecule has 0 N–H and O–H groups in total. The lowest BCUT2D eigenvalue weighted by molar-refractivity contribution is -0.149. The van der Waals surface area contributed by atoms with Crippen LogP contribution in [0.15, 0.2) is 29.4 Å². The second kappa shape index (κ2) is 9.53. The monoisotopic (exact) mass is 442 g/mol. The maximum absolute atomic E-state index is 13.3. The number of nitrogens with zero attached hydrogens (tertiary/aromatic N) is 4. The first-order valence-electron chi connectivity index (χ1n) is 11.2. The van der Waals surface area contributed by atoms with Gasteiger partial charge in [-0.2, -0.15) is 4.68 Å². The summed E-state index contributed by atoms with van der Waals surface area (Å²) in [5, 5.41) is 4.79. The first-order valence-corrected chi connectivity index (χ1v) is 12.1. The normalized spacial score (nSPS) is 20.6. The summed E-state index contributed by atoms with van der Waals surface area (Å²) in [6.45, 7) is 7.89. The summed E-state index contributed by atoms with van der Waals surface area (Å²) in [4.78, 5) is 32.4. The van der Waals surface area contributed by atoms with E-state index in [1.54, 1.807) is 0 Å². The molecule has 0 spiro atoms. The van der Waals surface area contributed by atoms with Gasteiger partial charge in [-0.1, -0.05) is 49.9 Å². The van der Waals surface area contributed by atoms with Crippen LogP contribution in [0.4, 0.5) is 0 Å². The molecule has 2 aliphatic rings. The molecule has 2 aromatic rings. The van der Waals surface area contributed by atoms with E-state index in [4.69, 9.17) is 4.74 Å². The topological polar surface area (TPSA) is 77.3 Å². The molecule has 1 fully saturated rings. The predicted octanol–water partition coefficient (Wildman–Crippen LogP) is 3.53. The van der Waals surface area contributed by atoms with Gasteiger partial charge in [0.05, 0.1) is 18.6 Å². The summed E-state index contributed by atoms with van der Waals surface area (Å²) in [5.74, 6) is 0.530. The zero-order valence-corrected chi connectivity index (χ0v) is 19.2. The molecule has 4 rings (SSSR count). The standard InChI is InChI=1S/C23H30N4O3S/c1-4-15-7-9-16(10-8-15)19(26-13-11-17(12-14-26)22(29)30-6-3)20-21(28)27-23(31-20)24-18(5-2)25-27/h7-10,17,19-20H,4-6,11-14H2,1-3H3. The molecule has 8 heteroatoms. The van der Waals surface area contributed by atoms with Crippen LogP contribution in [-0.4, -0.2) is 56.5 Å². The zero-order valence-electron chi connectivity index (χ0n) is 18.4. The Balaban J connectivity index is 1.58. The van der Waals surface area contributed by atoms with E-state index in [1.807, 2.05) is 13.8 Å². The minimum absolute atomic E-state index is 0.00992. The van der Waals surface area contributed by atoms with Gasteiger partial charge < -0.3 is 4.74 Å². The molecule has 166 valence electrons. The number of hydrogen-bond acceptors (Lipinski definition) is 7. The second-order valence-corrected chi connectivity index (χ2v) is 9.16. The third-order valence-electron chi connectivity index (χ3n) is 6.18. The van der Waals surface area contributed by atoms with Crippen molar-refractivity contribution in [1.29, 1.82) is 0 Å². The smallest absolute Gasteiger partial charge is 0.309 e. The predicted molar refractivity (Wildman–Crippen MR) is 119 cm³/mol. The van der Waals surface area contributed by atoms with E-state index in [0.717, 1.165) is 37.9 Å². The Labute approximate surface area is 187 Å². The Morgan fingerprint density at radius 1 is 1.16 bits per heavy atom. The molecule has 7 nitrogen and oxygen atoms in total. The molecule has 2 unspecified atom stereocenters. The summed E-state index contributed by atoms with van der Waals surface area (Å²) in [6, 6.07) is 8.48. The van der Waals surface area contributed by atoms with Crippen LogP contribution in [0.25, 0.3) is 0 Å². The number of esters is 1. The fourth-order valence-corrected chi connectivity index (χ4v) is 5.67. The van der Waals surface area contributed by atoms with Crippen molar-refractivity contribution < 1.29 is 14.3 Å². The third kappa shape index (κ3) is 4.41. The Morgan fingerprint density at radius 3 is 2.45 bits per heavy atom. The van der Waals surface area contributed by atoms with E-state index < -0.39 is 0 Å². The molecule has 2 atom stereocenters. The van der Waals surface area contributed by atoms with E-state index in [0.29, 0.717) is 24.0 Å². The molecule has 0 amide bonds. The summed E-state index contributed by atoms with van der Waals surface area (Å²) in [6.07, 6.45) is 3.18.